The molecule has 0 bridgehead atoms. The molecule has 4 nitrogen and oxygen atoms in total. The van der Waals surface area contributed by atoms with E-state index in [1.54, 1.807) is 17.0 Å². The largest absolute Gasteiger partial charge is 0.342 e. The van der Waals surface area contributed by atoms with Gasteiger partial charge < -0.3 is 10.2 Å². The van der Waals surface area contributed by atoms with Crippen molar-refractivity contribution in [2.45, 2.75) is 12.8 Å². The summed E-state index contributed by atoms with van der Waals surface area (Å²) in [6.45, 7) is 1.48. The molecule has 2 heterocycles. The van der Waals surface area contributed by atoms with E-state index in [1.807, 2.05) is 0 Å². The minimum atomic E-state index is -0.379. The van der Waals surface area contributed by atoms with E-state index in [0.717, 1.165) is 30.6 Å². The molecule has 0 aliphatic carbocycles. The molecule has 3 rings (SSSR count). The van der Waals surface area contributed by atoms with Crippen LogP contribution in [0.4, 0.5) is 0 Å². The Balaban J connectivity index is 1.77. The second kappa shape index (κ2) is 6.85. The van der Waals surface area contributed by atoms with E-state index >= 15 is 0 Å². The first-order valence-electron chi connectivity index (χ1n) is 7.10. The van der Waals surface area contributed by atoms with Crippen molar-refractivity contribution < 1.29 is 9.59 Å². The molecular formula is C15H13Cl3N2O2S. The van der Waals surface area contributed by atoms with E-state index in [-0.39, 0.29) is 23.4 Å². The lowest BCUT2D eigenvalue weighted by Gasteiger charge is -2.15. The zero-order chi connectivity index (χ0) is 16.6. The molecule has 0 saturated carbocycles. The smallest absolute Gasteiger partial charge is 0.263 e. The number of likely N-dealkylation sites (tertiary alicyclic amines) is 1. The van der Waals surface area contributed by atoms with Crippen LogP contribution in [0.25, 0.3) is 10.1 Å². The molecule has 0 atom stereocenters. The Hall–Kier alpha value is -1.01. The van der Waals surface area contributed by atoms with E-state index in [4.69, 9.17) is 34.8 Å². The zero-order valence-corrected chi connectivity index (χ0v) is 15.1. The second-order valence-electron chi connectivity index (χ2n) is 5.28. The second-order valence-corrected chi connectivity index (χ2v) is 7.55. The molecule has 0 spiro atoms. The van der Waals surface area contributed by atoms with Crippen molar-refractivity contribution in [1.29, 1.82) is 0 Å². The lowest BCUT2D eigenvalue weighted by molar-refractivity contribution is -0.129. The third kappa shape index (κ3) is 3.43. The van der Waals surface area contributed by atoms with Gasteiger partial charge in [0.15, 0.2) is 0 Å². The lowest BCUT2D eigenvalue weighted by atomic mass is 10.2. The van der Waals surface area contributed by atoms with Gasteiger partial charge in [-0.15, -0.1) is 11.3 Å². The Kier molecular flexibility index (Phi) is 5.01. The standard InChI is InChI=1S/C15H13Cl3N2O2S/c16-8-5-9(17)12-10(6-8)23-14(13(12)18)15(22)19-7-11(21)20-3-1-2-4-20/h5-6H,1-4,7H2,(H,19,22). The fraction of sp³-hybridized carbons (Fsp3) is 0.333. The van der Waals surface area contributed by atoms with Crippen molar-refractivity contribution in [1.82, 2.24) is 10.2 Å². The molecule has 1 saturated heterocycles. The van der Waals surface area contributed by atoms with Gasteiger partial charge >= 0.3 is 0 Å². The molecule has 1 fully saturated rings. The highest BCUT2D eigenvalue weighted by Gasteiger charge is 2.22. The van der Waals surface area contributed by atoms with Gasteiger partial charge in [-0.1, -0.05) is 34.8 Å². The molecule has 0 radical (unpaired) electrons. The van der Waals surface area contributed by atoms with E-state index < -0.39 is 0 Å². The van der Waals surface area contributed by atoms with Crippen molar-refractivity contribution in [2.75, 3.05) is 19.6 Å². The van der Waals surface area contributed by atoms with Crippen molar-refractivity contribution in [3.8, 4) is 0 Å². The molecule has 1 aliphatic rings. The number of fused-ring (bicyclic) bond motifs is 1. The number of hydrogen-bond donors (Lipinski definition) is 1. The van der Waals surface area contributed by atoms with Crippen LogP contribution in [-0.4, -0.2) is 36.3 Å². The van der Waals surface area contributed by atoms with Gasteiger partial charge in [-0.25, -0.2) is 0 Å². The SMILES string of the molecule is O=C(NCC(=O)N1CCCC1)c1sc2cc(Cl)cc(Cl)c2c1Cl. The molecule has 1 aliphatic heterocycles. The number of benzene rings is 1. The first-order valence-corrected chi connectivity index (χ1v) is 9.05. The monoisotopic (exact) mass is 390 g/mol. The van der Waals surface area contributed by atoms with E-state index in [9.17, 15) is 9.59 Å². The molecule has 0 unspecified atom stereocenters. The van der Waals surface area contributed by atoms with E-state index in [2.05, 4.69) is 5.32 Å². The summed E-state index contributed by atoms with van der Waals surface area (Å²) in [6, 6.07) is 3.30. The first kappa shape index (κ1) is 16.8. The number of thiophene rings is 1. The zero-order valence-electron chi connectivity index (χ0n) is 12.0. The Morgan fingerprint density at radius 1 is 1.17 bits per heavy atom. The summed E-state index contributed by atoms with van der Waals surface area (Å²) < 4.78 is 0.739. The van der Waals surface area contributed by atoms with Gasteiger partial charge in [0.2, 0.25) is 5.91 Å². The number of hydrogen-bond acceptors (Lipinski definition) is 3. The number of nitrogens with zero attached hydrogens (tertiary/aromatic N) is 1. The number of carbonyl (C=O) groups excluding carboxylic acids is 2. The van der Waals surface area contributed by atoms with Crippen molar-refractivity contribution in [3.05, 3.63) is 32.1 Å². The molecule has 1 aromatic heterocycles. The summed E-state index contributed by atoms with van der Waals surface area (Å²) in [5.41, 5.74) is 0. The number of halogens is 3. The number of carbonyl (C=O) groups is 2. The lowest BCUT2D eigenvalue weighted by Crippen LogP contribution is -2.38. The van der Waals surface area contributed by atoms with Crippen molar-refractivity contribution in [2.24, 2.45) is 0 Å². The average molecular weight is 392 g/mol. The van der Waals surface area contributed by atoms with Gasteiger partial charge in [-0.2, -0.15) is 0 Å². The van der Waals surface area contributed by atoms with Crippen LogP contribution >= 0.6 is 46.1 Å². The summed E-state index contributed by atoms with van der Waals surface area (Å²) in [5.74, 6) is -0.454. The van der Waals surface area contributed by atoms with Gasteiger partial charge in [0.05, 0.1) is 16.6 Å². The molecule has 2 amide bonds. The highest BCUT2D eigenvalue weighted by molar-refractivity contribution is 7.21. The highest BCUT2D eigenvalue weighted by Crippen LogP contribution is 2.41. The minimum Gasteiger partial charge on any atom is -0.342 e. The molecule has 2 aromatic rings. The van der Waals surface area contributed by atoms with Gasteiger partial charge in [-0.3, -0.25) is 9.59 Å². The van der Waals surface area contributed by atoms with Crippen LogP contribution in [0.3, 0.4) is 0 Å². The Labute approximate surface area is 152 Å². The van der Waals surface area contributed by atoms with E-state index in [1.165, 1.54) is 11.3 Å². The van der Waals surface area contributed by atoms with Crippen LogP contribution in [-0.2, 0) is 4.79 Å². The normalized spacial score (nSPS) is 14.5. The molecule has 122 valence electrons. The third-order valence-electron chi connectivity index (χ3n) is 3.71. The topological polar surface area (TPSA) is 49.4 Å². The molecule has 1 N–H and O–H groups in total. The molecular weight excluding hydrogens is 379 g/mol. The quantitative estimate of drug-likeness (QED) is 0.852. The van der Waals surface area contributed by atoms with Crippen LogP contribution in [0.1, 0.15) is 22.5 Å². The van der Waals surface area contributed by atoms with Crippen LogP contribution < -0.4 is 5.32 Å². The van der Waals surface area contributed by atoms with Gasteiger partial charge in [0.1, 0.15) is 4.88 Å². The fourth-order valence-electron chi connectivity index (χ4n) is 2.57. The summed E-state index contributed by atoms with van der Waals surface area (Å²) in [4.78, 5) is 26.4. The minimum absolute atomic E-state index is 0.0299. The summed E-state index contributed by atoms with van der Waals surface area (Å²) >= 11 is 19.6. The molecule has 23 heavy (non-hydrogen) atoms. The summed E-state index contributed by atoms with van der Waals surface area (Å²) in [6.07, 6.45) is 2.03. The van der Waals surface area contributed by atoms with E-state index in [0.29, 0.717) is 20.3 Å². The summed E-state index contributed by atoms with van der Waals surface area (Å²) in [5, 5.41) is 4.42. The third-order valence-corrected chi connectivity index (χ3v) is 5.86. The molecule has 1 aromatic carbocycles. The van der Waals surface area contributed by atoms with Gasteiger partial charge in [0.25, 0.3) is 5.91 Å². The maximum Gasteiger partial charge on any atom is 0.263 e. The maximum absolute atomic E-state index is 12.3. The maximum atomic E-state index is 12.3. The number of amides is 2. The predicted molar refractivity (Wildman–Crippen MR) is 95.0 cm³/mol. The first-order chi connectivity index (χ1) is 11.0. The van der Waals surface area contributed by atoms with Gasteiger partial charge in [0, 0.05) is 28.2 Å². The predicted octanol–water partition coefficient (Wildman–Crippen LogP) is 4.21. The Bertz CT molecular complexity index is 785. The fourth-order valence-corrected chi connectivity index (χ4v) is 4.87. The van der Waals surface area contributed by atoms with Gasteiger partial charge in [-0.05, 0) is 25.0 Å². The van der Waals surface area contributed by atoms with Crippen molar-refractivity contribution in [3.63, 3.8) is 0 Å². The highest BCUT2D eigenvalue weighted by atomic mass is 35.5. The number of rotatable bonds is 3. The van der Waals surface area contributed by atoms with Crippen LogP contribution in [0.2, 0.25) is 15.1 Å². The van der Waals surface area contributed by atoms with Crippen LogP contribution in [0.15, 0.2) is 12.1 Å². The molecule has 8 heteroatoms. The Morgan fingerprint density at radius 2 is 1.87 bits per heavy atom. The van der Waals surface area contributed by atoms with Crippen LogP contribution in [0, 0.1) is 0 Å². The number of nitrogens with one attached hydrogen (secondary N) is 1. The van der Waals surface area contributed by atoms with Crippen LogP contribution in [0.5, 0.6) is 0 Å². The van der Waals surface area contributed by atoms with Crippen molar-refractivity contribution >= 4 is 68.0 Å². The summed E-state index contributed by atoms with van der Waals surface area (Å²) in [7, 11) is 0. The average Bonchev–Trinajstić information content (AvgIpc) is 3.12. The Morgan fingerprint density at radius 3 is 2.57 bits per heavy atom.